The molecule has 0 heterocycles. The molecule has 0 aliphatic carbocycles. The van der Waals surface area contributed by atoms with Gasteiger partial charge in [-0.15, -0.1) is 0 Å². The van der Waals surface area contributed by atoms with Gasteiger partial charge in [-0.1, -0.05) is 0 Å². The SMILES string of the molecule is [Cu].[Fe].[Ni].[O]=[Mn]. The van der Waals surface area contributed by atoms with Gasteiger partial charge in [0.2, 0.25) is 0 Å². The third-order valence-corrected chi connectivity index (χ3v) is 0. The Hall–Kier alpha value is 1.85. The third-order valence-electron chi connectivity index (χ3n) is 0. The summed E-state index contributed by atoms with van der Waals surface area (Å²) >= 11 is 1.69. The summed E-state index contributed by atoms with van der Waals surface area (Å²) in [6.07, 6.45) is 0. The van der Waals surface area contributed by atoms with E-state index in [1.165, 1.54) is 0 Å². The van der Waals surface area contributed by atoms with E-state index < -0.39 is 0 Å². The second-order valence-electron chi connectivity index (χ2n) is 0. The van der Waals surface area contributed by atoms with Crippen molar-refractivity contribution in [3.05, 3.63) is 0 Å². The van der Waals surface area contributed by atoms with E-state index in [-0.39, 0.29) is 50.6 Å². The molecule has 5 heavy (non-hydrogen) atoms. The van der Waals surface area contributed by atoms with Crippen LogP contribution in [0.4, 0.5) is 0 Å². The van der Waals surface area contributed by atoms with Gasteiger partial charge in [-0.05, 0) is 0 Å². The van der Waals surface area contributed by atoms with Crippen LogP contribution in [0.3, 0.4) is 0 Å². The van der Waals surface area contributed by atoms with Crippen LogP contribution in [0.15, 0.2) is 0 Å². The molecule has 5 heteroatoms. The van der Waals surface area contributed by atoms with Crippen molar-refractivity contribution in [2.24, 2.45) is 0 Å². The number of rotatable bonds is 0. The molecule has 0 aliphatic heterocycles. The molecule has 0 aromatic rings. The zero-order chi connectivity index (χ0) is 2.00. The molecule has 0 aromatic carbocycles. The van der Waals surface area contributed by atoms with Crippen LogP contribution in [0.25, 0.3) is 0 Å². The Balaban J connectivity index is -0.00000000167. The van der Waals surface area contributed by atoms with Crippen LogP contribution in [0.2, 0.25) is 0 Å². The Morgan fingerprint density at radius 1 is 1.20 bits per heavy atom. The summed E-state index contributed by atoms with van der Waals surface area (Å²) in [7, 11) is 0. The molecule has 42 valence electrons. The van der Waals surface area contributed by atoms with Crippen LogP contribution in [-0.2, 0) is 70.4 Å². The van der Waals surface area contributed by atoms with Crippen LogP contribution in [0, 0.1) is 0 Å². The first-order chi connectivity index (χ1) is 1.00. The van der Waals surface area contributed by atoms with Gasteiger partial charge in [0, 0.05) is 50.6 Å². The summed E-state index contributed by atoms with van der Waals surface area (Å²) in [6, 6.07) is 0. The van der Waals surface area contributed by atoms with Gasteiger partial charge in [0.1, 0.15) is 0 Å². The second-order valence-corrected chi connectivity index (χ2v) is 0. The Labute approximate surface area is 69.9 Å². The molecule has 0 amide bonds. The fourth-order valence-electron chi connectivity index (χ4n) is 0. The van der Waals surface area contributed by atoms with E-state index in [1.54, 1.807) is 15.9 Å². The van der Waals surface area contributed by atoms with Crippen molar-refractivity contribution in [1.29, 1.82) is 0 Å². The Kier molecular flexibility index (Phi) is 232. The zero-order valence-electron chi connectivity index (χ0n) is 1.76. The normalized spacial score (nSPS) is 0.800. The van der Waals surface area contributed by atoms with E-state index >= 15 is 0 Å². The molecule has 0 fully saturated rings. The molecule has 0 N–H and O–H groups in total. The van der Waals surface area contributed by atoms with E-state index in [0.717, 1.165) is 0 Å². The molecular weight excluding hydrogens is 249 g/mol. The van der Waals surface area contributed by atoms with E-state index in [0.29, 0.717) is 0 Å². The molecule has 0 bridgehead atoms. The van der Waals surface area contributed by atoms with Crippen LogP contribution in [0.1, 0.15) is 0 Å². The summed E-state index contributed by atoms with van der Waals surface area (Å²) in [4.78, 5) is 0. The quantitative estimate of drug-likeness (QED) is 0.546. The minimum atomic E-state index is 0. The standard InChI is InChI=1S/Cu.Fe.Mn.Ni.O. The summed E-state index contributed by atoms with van der Waals surface area (Å²) < 4.78 is 8.06. The molecule has 0 unspecified atom stereocenters. The van der Waals surface area contributed by atoms with Gasteiger partial charge in [0.15, 0.2) is 0 Å². The summed E-state index contributed by atoms with van der Waals surface area (Å²) in [5, 5.41) is 0. The van der Waals surface area contributed by atoms with Crippen molar-refractivity contribution in [2.75, 3.05) is 0 Å². The van der Waals surface area contributed by atoms with Crippen molar-refractivity contribution >= 4 is 0 Å². The van der Waals surface area contributed by atoms with Gasteiger partial charge in [0.05, 0.1) is 0 Å². The molecule has 0 aliphatic rings. The summed E-state index contributed by atoms with van der Waals surface area (Å²) in [5.41, 5.74) is 0. The average Bonchev–Trinajstić information content (AvgIpc) is 1.00. The van der Waals surface area contributed by atoms with E-state index in [4.69, 9.17) is 3.83 Å². The third kappa shape index (κ3) is 25.3. The Morgan fingerprint density at radius 2 is 1.20 bits per heavy atom. The topological polar surface area (TPSA) is 17.1 Å². The molecule has 0 saturated heterocycles. The molecule has 0 atom stereocenters. The number of hydrogen-bond acceptors (Lipinski definition) is 1. The molecule has 1 radical (unpaired) electrons. The van der Waals surface area contributed by atoms with E-state index in [9.17, 15) is 0 Å². The summed E-state index contributed by atoms with van der Waals surface area (Å²) in [5.74, 6) is 0. The zero-order valence-corrected chi connectivity index (χ0v) is 5.97. The second kappa shape index (κ2) is 40.2. The van der Waals surface area contributed by atoms with Gasteiger partial charge in [-0.25, -0.2) is 0 Å². The van der Waals surface area contributed by atoms with Crippen LogP contribution in [-0.4, -0.2) is 0 Å². The minimum absolute atomic E-state index is 0. The van der Waals surface area contributed by atoms with E-state index in [1.807, 2.05) is 0 Å². The first kappa shape index (κ1) is 28.8. The Bertz CT molecular complexity index is 11.6. The fourth-order valence-corrected chi connectivity index (χ4v) is 0. The maximum atomic E-state index is 8.06. The number of hydrogen-bond donors (Lipinski definition) is 0. The van der Waals surface area contributed by atoms with Gasteiger partial charge in [0.25, 0.3) is 0 Å². The van der Waals surface area contributed by atoms with Crippen LogP contribution < -0.4 is 0 Å². The van der Waals surface area contributed by atoms with Gasteiger partial charge in [-0.3, -0.25) is 0 Å². The maximum absolute atomic E-state index is 8.06. The van der Waals surface area contributed by atoms with Gasteiger partial charge >= 0.3 is 19.8 Å². The molecule has 0 spiro atoms. The van der Waals surface area contributed by atoms with Crippen molar-refractivity contribution in [1.82, 2.24) is 0 Å². The molecule has 1 nitrogen and oxygen atoms in total. The molecular formula is CuFeMnNiO. The van der Waals surface area contributed by atoms with Crippen molar-refractivity contribution in [3.8, 4) is 0 Å². The van der Waals surface area contributed by atoms with Crippen molar-refractivity contribution in [3.63, 3.8) is 0 Å². The molecule has 0 aromatic heterocycles. The van der Waals surface area contributed by atoms with Gasteiger partial charge < -0.3 is 0 Å². The van der Waals surface area contributed by atoms with Gasteiger partial charge in [-0.2, -0.15) is 0 Å². The van der Waals surface area contributed by atoms with Crippen LogP contribution in [0.5, 0.6) is 0 Å². The first-order valence-electron chi connectivity index (χ1n) is 0.154. The molecule has 0 rings (SSSR count). The van der Waals surface area contributed by atoms with Crippen LogP contribution >= 0.6 is 0 Å². The molecule has 0 saturated carbocycles. The monoisotopic (exact) mass is 248 g/mol. The Morgan fingerprint density at radius 3 is 1.20 bits per heavy atom. The predicted octanol–water partition coefficient (Wildman–Crippen LogP) is -0.129. The predicted molar refractivity (Wildman–Crippen MR) is 0.686 cm³/mol. The van der Waals surface area contributed by atoms with Crippen molar-refractivity contribution < 1.29 is 70.4 Å². The summed E-state index contributed by atoms with van der Waals surface area (Å²) in [6.45, 7) is 0. The van der Waals surface area contributed by atoms with E-state index in [2.05, 4.69) is 0 Å². The fraction of sp³-hybridized carbons (Fsp3) is 0. The van der Waals surface area contributed by atoms with Crippen molar-refractivity contribution in [2.45, 2.75) is 0 Å². The average molecular weight is 249 g/mol. The first-order valence-corrected chi connectivity index (χ1v) is 0.636.